The van der Waals surface area contributed by atoms with Gasteiger partial charge in [-0.3, -0.25) is 4.79 Å². The smallest absolute Gasteiger partial charge is 0.302 e. The summed E-state index contributed by atoms with van der Waals surface area (Å²) in [6.07, 6.45) is 0.658. The Labute approximate surface area is 92.9 Å². The monoisotopic (exact) mass is 226 g/mol. The molecule has 0 N–H and O–H groups in total. The third-order valence-corrected chi connectivity index (χ3v) is 2.47. The zero-order valence-corrected chi connectivity index (χ0v) is 9.08. The van der Waals surface area contributed by atoms with Gasteiger partial charge in [0.2, 0.25) is 0 Å². The Bertz CT molecular complexity index is 389. The molecule has 1 aromatic rings. The molecule has 80 valence electrons. The molecule has 0 bridgehead atoms. The summed E-state index contributed by atoms with van der Waals surface area (Å²) in [6, 6.07) is 5.50. The minimum absolute atomic E-state index is 0.0811. The van der Waals surface area contributed by atoms with E-state index in [1.165, 1.54) is 6.92 Å². The summed E-state index contributed by atoms with van der Waals surface area (Å²) in [5.74, 6) is 0.546. The molecule has 0 spiro atoms. The van der Waals surface area contributed by atoms with Crippen LogP contribution in [0.15, 0.2) is 18.2 Å². The molecule has 0 amide bonds. The quantitative estimate of drug-likeness (QED) is 0.726. The Morgan fingerprint density at radius 2 is 2.47 bits per heavy atom. The topological polar surface area (TPSA) is 35.5 Å². The Morgan fingerprint density at radius 3 is 3.20 bits per heavy atom. The lowest BCUT2D eigenvalue weighted by atomic mass is 10.1. The molecule has 1 aromatic carbocycles. The standard InChI is InChI=1S/C11H11ClO3/c1-7(13)14-6-10-5-8-4-9(12)2-3-11(8)15-10/h2-4,10H,5-6H2,1H3. The van der Waals surface area contributed by atoms with Gasteiger partial charge in [-0.25, -0.2) is 0 Å². The first kappa shape index (κ1) is 10.3. The number of halogens is 1. The minimum atomic E-state index is -0.285. The molecule has 2 rings (SSSR count). The Kier molecular flexibility index (Phi) is 2.82. The minimum Gasteiger partial charge on any atom is -0.486 e. The molecule has 1 aliphatic rings. The van der Waals surface area contributed by atoms with Crippen LogP contribution in [0, 0.1) is 0 Å². The Hall–Kier alpha value is -1.22. The average molecular weight is 227 g/mol. The van der Waals surface area contributed by atoms with E-state index >= 15 is 0 Å². The summed E-state index contributed by atoms with van der Waals surface area (Å²) >= 11 is 5.86. The van der Waals surface area contributed by atoms with Crippen LogP contribution in [-0.2, 0) is 16.0 Å². The molecule has 3 nitrogen and oxygen atoms in total. The van der Waals surface area contributed by atoms with E-state index in [1.807, 2.05) is 12.1 Å². The first-order valence-corrected chi connectivity index (χ1v) is 5.11. The summed E-state index contributed by atoms with van der Waals surface area (Å²) in [6.45, 7) is 1.68. The van der Waals surface area contributed by atoms with E-state index in [9.17, 15) is 4.79 Å². The van der Waals surface area contributed by atoms with E-state index in [0.29, 0.717) is 11.6 Å². The third-order valence-electron chi connectivity index (χ3n) is 2.24. The van der Waals surface area contributed by atoms with Gasteiger partial charge in [0.25, 0.3) is 0 Å². The van der Waals surface area contributed by atoms with Crippen LogP contribution >= 0.6 is 11.6 Å². The third kappa shape index (κ3) is 2.42. The molecule has 0 fully saturated rings. The van der Waals surface area contributed by atoms with Crippen molar-refractivity contribution in [3.05, 3.63) is 28.8 Å². The van der Waals surface area contributed by atoms with Crippen molar-refractivity contribution in [2.75, 3.05) is 6.61 Å². The van der Waals surface area contributed by atoms with Gasteiger partial charge in [0.1, 0.15) is 18.5 Å². The number of ether oxygens (including phenoxy) is 2. The lowest BCUT2D eigenvalue weighted by Crippen LogP contribution is -2.21. The fraction of sp³-hybridized carbons (Fsp3) is 0.364. The van der Waals surface area contributed by atoms with Crippen LogP contribution in [0.5, 0.6) is 5.75 Å². The molecule has 0 aliphatic carbocycles. The summed E-state index contributed by atoms with van der Waals surface area (Å²) in [5, 5.41) is 0.700. The molecular weight excluding hydrogens is 216 g/mol. The zero-order chi connectivity index (χ0) is 10.8. The maximum absolute atomic E-state index is 10.6. The first-order chi connectivity index (χ1) is 7.15. The molecule has 1 aliphatic heterocycles. The molecule has 4 heteroatoms. The van der Waals surface area contributed by atoms with Crippen LogP contribution in [0.25, 0.3) is 0 Å². The van der Waals surface area contributed by atoms with Crippen molar-refractivity contribution in [2.45, 2.75) is 19.4 Å². The molecule has 1 unspecified atom stereocenters. The van der Waals surface area contributed by atoms with Gasteiger partial charge in [-0.15, -0.1) is 0 Å². The van der Waals surface area contributed by atoms with Crippen LogP contribution in [-0.4, -0.2) is 18.7 Å². The second kappa shape index (κ2) is 4.11. The zero-order valence-electron chi connectivity index (χ0n) is 8.33. The van der Waals surface area contributed by atoms with Gasteiger partial charge in [-0.2, -0.15) is 0 Å². The van der Waals surface area contributed by atoms with E-state index < -0.39 is 0 Å². The SMILES string of the molecule is CC(=O)OCC1Cc2cc(Cl)ccc2O1. The fourth-order valence-electron chi connectivity index (χ4n) is 1.59. The van der Waals surface area contributed by atoms with Crippen molar-refractivity contribution in [2.24, 2.45) is 0 Å². The lowest BCUT2D eigenvalue weighted by molar-refractivity contribution is -0.143. The van der Waals surface area contributed by atoms with Crippen molar-refractivity contribution in [1.82, 2.24) is 0 Å². The summed E-state index contributed by atoms with van der Waals surface area (Å²) in [5.41, 5.74) is 1.07. The lowest BCUT2D eigenvalue weighted by Gasteiger charge is -2.09. The normalized spacial score (nSPS) is 18.1. The van der Waals surface area contributed by atoms with Crippen molar-refractivity contribution in [1.29, 1.82) is 0 Å². The maximum Gasteiger partial charge on any atom is 0.302 e. The predicted molar refractivity (Wildman–Crippen MR) is 56.2 cm³/mol. The second-order valence-corrected chi connectivity index (χ2v) is 3.94. The first-order valence-electron chi connectivity index (χ1n) is 4.73. The molecule has 1 atom stereocenters. The molecule has 0 saturated heterocycles. The van der Waals surface area contributed by atoms with Crippen LogP contribution in [0.1, 0.15) is 12.5 Å². The number of fused-ring (bicyclic) bond motifs is 1. The van der Waals surface area contributed by atoms with E-state index in [4.69, 9.17) is 21.1 Å². The van der Waals surface area contributed by atoms with E-state index in [2.05, 4.69) is 0 Å². The summed E-state index contributed by atoms with van der Waals surface area (Å²) in [4.78, 5) is 10.6. The number of carbonyl (C=O) groups excluding carboxylic acids is 1. The molecule has 15 heavy (non-hydrogen) atoms. The summed E-state index contributed by atoms with van der Waals surface area (Å²) < 4.78 is 10.5. The molecule has 1 heterocycles. The number of esters is 1. The van der Waals surface area contributed by atoms with Crippen LogP contribution < -0.4 is 4.74 Å². The highest BCUT2D eigenvalue weighted by atomic mass is 35.5. The maximum atomic E-state index is 10.6. The highest BCUT2D eigenvalue weighted by molar-refractivity contribution is 6.30. The number of hydrogen-bond acceptors (Lipinski definition) is 3. The van der Waals surface area contributed by atoms with Gasteiger partial charge in [0.05, 0.1) is 0 Å². The highest BCUT2D eigenvalue weighted by Crippen LogP contribution is 2.31. The van der Waals surface area contributed by atoms with Crippen LogP contribution in [0.4, 0.5) is 0 Å². The molecular formula is C11H11ClO3. The number of carbonyl (C=O) groups is 1. The van der Waals surface area contributed by atoms with Crippen molar-refractivity contribution in [3.63, 3.8) is 0 Å². The largest absolute Gasteiger partial charge is 0.486 e. The average Bonchev–Trinajstić information content (AvgIpc) is 2.56. The Balaban J connectivity index is 2.00. The van der Waals surface area contributed by atoms with E-state index in [0.717, 1.165) is 17.7 Å². The van der Waals surface area contributed by atoms with Gasteiger partial charge in [0.15, 0.2) is 0 Å². The van der Waals surface area contributed by atoms with Crippen molar-refractivity contribution < 1.29 is 14.3 Å². The van der Waals surface area contributed by atoms with Crippen LogP contribution in [0.3, 0.4) is 0 Å². The summed E-state index contributed by atoms with van der Waals surface area (Å²) in [7, 11) is 0. The van der Waals surface area contributed by atoms with Crippen molar-refractivity contribution >= 4 is 17.6 Å². The molecule has 0 radical (unpaired) electrons. The Morgan fingerprint density at radius 1 is 1.67 bits per heavy atom. The predicted octanol–water partition coefficient (Wildman–Crippen LogP) is 2.21. The van der Waals surface area contributed by atoms with E-state index in [1.54, 1.807) is 6.07 Å². The molecule has 0 saturated carbocycles. The highest BCUT2D eigenvalue weighted by Gasteiger charge is 2.23. The van der Waals surface area contributed by atoms with Crippen LogP contribution in [0.2, 0.25) is 5.02 Å². The number of benzene rings is 1. The van der Waals surface area contributed by atoms with Crippen molar-refractivity contribution in [3.8, 4) is 5.75 Å². The molecule has 0 aromatic heterocycles. The van der Waals surface area contributed by atoms with Gasteiger partial charge in [-0.1, -0.05) is 11.6 Å². The number of hydrogen-bond donors (Lipinski definition) is 0. The fourth-order valence-corrected chi connectivity index (χ4v) is 1.79. The van der Waals surface area contributed by atoms with E-state index in [-0.39, 0.29) is 12.1 Å². The van der Waals surface area contributed by atoms with Gasteiger partial charge in [-0.05, 0) is 23.8 Å². The van der Waals surface area contributed by atoms with Gasteiger partial charge in [0, 0.05) is 18.4 Å². The number of rotatable bonds is 2. The van der Waals surface area contributed by atoms with Gasteiger partial charge >= 0.3 is 5.97 Å². The second-order valence-electron chi connectivity index (χ2n) is 3.50. The van der Waals surface area contributed by atoms with Gasteiger partial charge < -0.3 is 9.47 Å².